The summed E-state index contributed by atoms with van der Waals surface area (Å²) in [6, 6.07) is 7.25. The number of para-hydroxylation sites is 1. The lowest BCUT2D eigenvalue weighted by atomic mass is 9.86. The van der Waals surface area contributed by atoms with Crippen LogP contribution in [0.2, 0.25) is 0 Å². The van der Waals surface area contributed by atoms with Gasteiger partial charge in [0, 0.05) is 12.1 Å². The molecule has 4 heteroatoms. The van der Waals surface area contributed by atoms with Crippen molar-refractivity contribution in [3.8, 4) is 5.75 Å². The quantitative estimate of drug-likeness (QED) is 0.622. The zero-order valence-corrected chi connectivity index (χ0v) is 9.02. The Labute approximate surface area is 94.3 Å². The average Bonchev–Trinajstić information content (AvgIpc) is 2.24. The van der Waals surface area contributed by atoms with Crippen molar-refractivity contribution in [2.24, 2.45) is 11.7 Å². The largest absolute Gasteiger partial charge is 0.358 e. The molecule has 2 N–H and O–H groups in total. The molecule has 2 rings (SSSR count). The zero-order valence-electron chi connectivity index (χ0n) is 9.02. The normalized spacial score (nSPS) is 15.3. The van der Waals surface area contributed by atoms with Gasteiger partial charge in [-0.1, -0.05) is 24.6 Å². The molecular formula is C12H15NO3. The third-order valence-corrected chi connectivity index (χ3v) is 2.84. The predicted molar refractivity (Wildman–Crippen MR) is 58.4 cm³/mol. The zero-order chi connectivity index (χ0) is 11.4. The van der Waals surface area contributed by atoms with Crippen LogP contribution in [-0.4, -0.2) is 5.97 Å². The first kappa shape index (κ1) is 11.0. The Balaban J connectivity index is 1.90. The lowest BCUT2D eigenvalue weighted by Crippen LogP contribution is -2.25. The number of hydrogen-bond acceptors (Lipinski definition) is 4. The molecule has 0 unspecified atom stereocenters. The number of nitrogens with two attached hydrogens (primary N) is 1. The summed E-state index contributed by atoms with van der Waals surface area (Å²) in [6.45, 7) is 0.358. The molecule has 1 aliphatic carbocycles. The minimum Gasteiger partial charge on any atom is -0.326 e. The van der Waals surface area contributed by atoms with Gasteiger partial charge in [-0.2, -0.15) is 0 Å². The highest BCUT2D eigenvalue weighted by atomic mass is 17.2. The van der Waals surface area contributed by atoms with Gasteiger partial charge in [0.15, 0.2) is 5.75 Å². The van der Waals surface area contributed by atoms with Gasteiger partial charge in [0.2, 0.25) is 0 Å². The van der Waals surface area contributed by atoms with Crippen LogP contribution in [0.1, 0.15) is 24.8 Å². The number of rotatable bonds is 4. The molecule has 0 amide bonds. The van der Waals surface area contributed by atoms with Crippen molar-refractivity contribution in [1.82, 2.24) is 0 Å². The number of carbonyl (C=O) groups is 1. The van der Waals surface area contributed by atoms with E-state index in [1.165, 1.54) is 0 Å². The van der Waals surface area contributed by atoms with Gasteiger partial charge >= 0.3 is 5.97 Å². The third-order valence-electron chi connectivity index (χ3n) is 2.84. The van der Waals surface area contributed by atoms with Crippen molar-refractivity contribution in [1.29, 1.82) is 0 Å². The van der Waals surface area contributed by atoms with Gasteiger partial charge in [-0.05, 0) is 18.9 Å². The molecule has 86 valence electrons. The molecule has 0 spiro atoms. The van der Waals surface area contributed by atoms with Crippen LogP contribution in [0.5, 0.6) is 5.75 Å². The van der Waals surface area contributed by atoms with Crippen molar-refractivity contribution in [3.05, 3.63) is 29.8 Å². The molecule has 1 fully saturated rings. The van der Waals surface area contributed by atoms with Crippen LogP contribution in [0.15, 0.2) is 24.3 Å². The van der Waals surface area contributed by atoms with Crippen LogP contribution in [0, 0.1) is 5.92 Å². The van der Waals surface area contributed by atoms with Crippen LogP contribution in [0.3, 0.4) is 0 Å². The molecule has 0 aliphatic heterocycles. The fourth-order valence-corrected chi connectivity index (χ4v) is 1.55. The van der Waals surface area contributed by atoms with Crippen molar-refractivity contribution in [2.75, 3.05) is 0 Å². The van der Waals surface area contributed by atoms with E-state index in [1.807, 2.05) is 18.2 Å². The second kappa shape index (κ2) is 4.99. The van der Waals surface area contributed by atoms with E-state index in [0.717, 1.165) is 24.8 Å². The first-order valence-electron chi connectivity index (χ1n) is 5.47. The Hall–Kier alpha value is -1.55. The maximum Gasteiger partial charge on any atom is 0.358 e. The van der Waals surface area contributed by atoms with Gasteiger partial charge < -0.3 is 5.73 Å². The molecule has 4 nitrogen and oxygen atoms in total. The van der Waals surface area contributed by atoms with Crippen LogP contribution in [0.25, 0.3) is 0 Å². The lowest BCUT2D eigenvalue weighted by Gasteiger charge is -2.22. The minimum absolute atomic E-state index is 0.0186. The van der Waals surface area contributed by atoms with E-state index >= 15 is 0 Å². The summed E-state index contributed by atoms with van der Waals surface area (Å²) in [6.07, 6.45) is 2.90. The summed E-state index contributed by atoms with van der Waals surface area (Å²) in [5.74, 6) is 0.251. The van der Waals surface area contributed by atoms with Crippen molar-refractivity contribution in [3.63, 3.8) is 0 Å². The van der Waals surface area contributed by atoms with Crippen LogP contribution in [-0.2, 0) is 16.2 Å². The molecule has 0 atom stereocenters. The molecule has 0 saturated heterocycles. The Morgan fingerprint density at radius 1 is 1.38 bits per heavy atom. The summed E-state index contributed by atoms with van der Waals surface area (Å²) in [4.78, 5) is 21.2. The summed E-state index contributed by atoms with van der Waals surface area (Å²) in [5.41, 5.74) is 6.36. The highest BCUT2D eigenvalue weighted by molar-refractivity contribution is 5.72. The molecule has 16 heavy (non-hydrogen) atoms. The van der Waals surface area contributed by atoms with E-state index in [4.69, 9.17) is 15.5 Å². The van der Waals surface area contributed by atoms with E-state index in [9.17, 15) is 4.79 Å². The minimum atomic E-state index is -0.280. The molecular weight excluding hydrogens is 206 g/mol. The summed E-state index contributed by atoms with van der Waals surface area (Å²) in [5, 5.41) is 0. The van der Waals surface area contributed by atoms with Gasteiger partial charge in [-0.25, -0.2) is 4.79 Å². The van der Waals surface area contributed by atoms with Crippen molar-refractivity contribution < 1.29 is 14.6 Å². The molecule has 0 heterocycles. The smallest absolute Gasteiger partial charge is 0.326 e. The molecule has 1 aromatic carbocycles. The van der Waals surface area contributed by atoms with Gasteiger partial charge in [-0.3, -0.25) is 9.78 Å². The second-order valence-electron chi connectivity index (χ2n) is 3.93. The van der Waals surface area contributed by atoms with Crippen molar-refractivity contribution in [2.45, 2.75) is 25.8 Å². The molecule has 0 aromatic heterocycles. The highest BCUT2D eigenvalue weighted by Crippen LogP contribution is 2.28. The molecule has 1 aromatic rings. The Bertz CT molecular complexity index is 374. The van der Waals surface area contributed by atoms with E-state index in [2.05, 4.69) is 0 Å². The standard InChI is InChI=1S/C12H15NO3/c13-8-10-4-1-2-7-11(10)15-16-12(14)9-5-3-6-9/h1-2,4,7,9H,3,5-6,8,13H2. The Morgan fingerprint density at radius 2 is 2.12 bits per heavy atom. The summed E-state index contributed by atoms with van der Waals surface area (Å²) >= 11 is 0. The number of hydrogen-bond donors (Lipinski definition) is 1. The van der Waals surface area contributed by atoms with E-state index < -0.39 is 0 Å². The first-order valence-corrected chi connectivity index (χ1v) is 5.47. The van der Waals surface area contributed by atoms with Crippen molar-refractivity contribution >= 4 is 5.97 Å². The SMILES string of the molecule is NCc1ccccc1OOC(=O)C1CCC1. The summed E-state index contributed by atoms with van der Waals surface area (Å²) in [7, 11) is 0. The highest BCUT2D eigenvalue weighted by Gasteiger charge is 2.28. The fourth-order valence-electron chi connectivity index (χ4n) is 1.55. The van der Waals surface area contributed by atoms with Crippen LogP contribution in [0.4, 0.5) is 0 Å². The molecule has 0 radical (unpaired) electrons. The van der Waals surface area contributed by atoms with Crippen LogP contribution >= 0.6 is 0 Å². The van der Waals surface area contributed by atoms with Gasteiger partial charge in [0.25, 0.3) is 0 Å². The molecule has 1 saturated carbocycles. The number of benzene rings is 1. The third kappa shape index (κ3) is 2.33. The maximum atomic E-state index is 11.4. The maximum absolute atomic E-state index is 11.4. The molecule has 0 bridgehead atoms. The molecule has 1 aliphatic rings. The first-order chi connectivity index (χ1) is 7.81. The summed E-state index contributed by atoms with van der Waals surface area (Å²) < 4.78 is 0. The monoisotopic (exact) mass is 221 g/mol. The van der Waals surface area contributed by atoms with E-state index in [-0.39, 0.29) is 11.9 Å². The fraction of sp³-hybridized carbons (Fsp3) is 0.417. The Morgan fingerprint density at radius 3 is 2.75 bits per heavy atom. The van der Waals surface area contributed by atoms with Gasteiger partial charge in [-0.15, -0.1) is 0 Å². The van der Waals surface area contributed by atoms with Gasteiger partial charge in [0.05, 0.1) is 5.92 Å². The Kier molecular flexibility index (Phi) is 3.41. The van der Waals surface area contributed by atoms with Gasteiger partial charge in [0.1, 0.15) is 0 Å². The topological polar surface area (TPSA) is 61.6 Å². The van der Waals surface area contributed by atoms with E-state index in [1.54, 1.807) is 6.07 Å². The van der Waals surface area contributed by atoms with Crippen LogP contribution < -0.4 is 10.6 Å². The average molecular weight is 221 g/mol. The second-order valence-corrected chi connectivity index (χ2v) is 3.93. The van der Waals surface area contributed by atoms with E-state index in [0.29, 0.717) is 12.3 Å². The number of carbonyl (C=O) groups excluding carboxylic acids is 1. The predicted octanol–water partition coefficient (Wildman–Crippen LogP) is 1.78. The lowest BCUT2D eigenvalue weighted by molar-refractivity contribution is -0.221.